The maximum absolute atomic E-state index is 11.3. The van der Waals surface area contributed by atoms with Gasteiger partial charge in [0, 0.05) is 34.3 Å². The third kappa shape index (κ3) is 3.42. The number of thiophene rings is 1. The number of nitrogens with zero attached hydrogens (tertiary/aromatic N) is 1. The normalized spacial score (nSPS) is 16.1. The summed E-state index contributed by atoms with van der Waals surface area (Å²) in [7, 11) is 1.73. The molecule has 2 heterocycles. The van der Waals surface area contributed by atoms with Crippen LogP contribution in [0.4, 0.5) is 5.69 Å². The molecule has 1 aliphatic heterocycles. The van der Waals surface area contributed by atoms with Crippen LogP contribution in [0.3, 0.4) is 0 Å². The standard InChI is InChI=1S/C15H16ClNO2S2/c16-21(18,19)15-9-8-14(20-15)12-4-6-13(7-5-12)17-10-2-1-3-11-17/h4-9H,1-3,10-11H2. The first-order valence-corrected chi connectivity index (χ1v) is 10.1. The molecule has 0 radical (unpaired) electrons. The van der Waals surface area contributed by atoms with E-state index in [0.717, 1.165) is 23.5 Å². The lowest BCUT2D eigenvalue weighted by molar-refractivity contribution is 0.578. The third-order valence-electron chi connectivity index (χ3n) is 3.69. The lowest BCUT2D eigenvalue weighted by Gasteiger charge is -2.28. The van der Waals surface area contributed by atoms with E-state index in [4.69, 9.17) is 10.7 Å². The quantitative estimate of drug-likeness (QED) is 0.780. The van der Waals surface area contributed by atoms with Crippen LogP contribution in [-0.2, 0) is 9.05 Å². The molecule has 0 aliphatic carbocycles. The zero-order valence-electron chi connectivity index (χ0n) is 11.5. The maximum Gasteiger partial charge on any atom is 0.270 e. The Morgan fingerprint density at radius 2 is 1.62 bits per heavy atom. The van der Waals surface area contributed by atoms with Gasteiger partial charge in [-0.1, -0.05) is 12.1 Å². The first-order valence-electron chi connectivity index (χ1n) is 6.94. The van der Waals surface area contributed by atoms with E-state index in [2.05, 4.69) is 17.0 Å². The molecule has 112 valence electrons. The second kappa shape index (κ2) is 5.99. The molecule has 21 heavy (non-hydrogen) atoms. The van der Waals surface area contributed by atoms with Crippen LogP contribution < -0.4 is 4.90 Å². The van der Waals surface area contributed by atoms with Crippen LogP contribution in [0.15, 0.2) is 40.6 Å². The second-order valence-electron chi connectivity index (χ2n) is 5.15. The molecular formula is C15H16ClNO2S2. The van der Waals surface area contributed by atoms with E-state index in [9.17, 15) is 8.42 Å². The minimum atomic E-state index is -3.63. The number of halogens is 1. The average molecular weight is 342 g/mol. The van der Waals surface area contributed by atoms with Crippen molar-refractivity contribution < 1.29 is 8.42 Å². The number of rotatable bonds is 3. The van der Waals surface area contributed by atoms with Gasteiger partial charge >= 0.3 is 0 Å². The molecule has 0 amide bonds. The Morgan fingerprint density at radius 1 is 0.952 bits per heavy atom. The van der Waals surface area contributed by atoms with Crippen molar-refractivity contribution in [3.05, 3.63) is 36.4 Å². The van der Waals surface area contributed by atoms with Crippen molar-refractivity contribution in [1.29, 1.82) is 0 Å². The number of hydrogen-bond donors (Lipinski definition) is 0. The maximum atomic E-state index is 11.3. The molecule has 0 unspecified atom stereocenters. The van der Waals surface area contributed by atoms with Gasteiger partial charge < -0.3 is 4.90 Å². The van der Waals surface area contributed by atoms with Crippen molar-refractivity contribution in [1.82, 2.24) is 0 Å². The van der Waals surface area contributed by atoms with E-state index in [0.29, 0.717) is 0 Å². The minimum absolute atomic E-state index is 0.194. The first-order chi connectivity index (χ1) is 10.0. The van der Waals surface area contributed by atoms with Crippen molar-refractivity contribution in [2.45, 2.75) is 23.5 Å². The van der Waals surface area contributed by atoms with Gasteiger partial charge in [0.15, 0.2) is 0 Å². The predicted octanol–water partition coefficient (Wildman–Crippen LogP) is 4.33. The highest BCUT2D eigenvalue weighted by atomic mass is 35.7. The van der Waals surface area contributed by atoms with E-state index in [1.807, 2.05) is 12.1 Å². The fourth-order valence-corrected chi connectivity index (χ4v) is 4.67. The van der Waals surface area contributed by atoms with E-state index in [-0.39, 0.29) is 4.21 Å². The summed E-state index contributed by atoms with van der Waals surface area (Å²) in [6, 6.07) is 11.7. The molecule has 1 aromatic carbocycles. The Balaban J connectivity index is 1.82. The molecule has 1 fully saturated rings. The molecule has 0 spiro atoms. The Hall–Kier alpha value is -1.04. The molecule has 0 bridgehead atoms. The average Bonchev–Trinajstić information content (AvgIpc) is 2.98. The Kier molecular flexibility index (Phi) is 4.24. The van der Waals surface area contributed by atoms with E-state index in [1.165, 1.54) is 36.3 Å². The highest BCUT2D eigenvalue weighted by Crippen LogP contribution is 2.33. The lowest BCUT2D eigenvalue weighted by Crippen LogP contribution is -2.29. The van der Waals surface area contributed by atoms with Crippen LogP contribution in [0, 0.1) is 0 Å². The molecule has 6 heteroatoms. The fraction of sp³-hybridized carbons (Fsp3) is 0.333. The molecule has 1 aliphatic rings. The van der Waals surface area contributed by atoms with Crippen molar-refractivity contribution in [3.63, 3.8) is 0 Å². The number of anilines is 1. The number of hydrogen-bond acceptors (Lipinski definition) is 4. The molecule has 0 saturated carbocycles. The van der Waals surface area contributed by atoms with E-state index >= 15 is 0 Å². The lowest BCUT2D eigenvalue weighted by atomic mass is 10.1. The summed E-state index contributed by atoms with van der Waals surface area (Å²) in [5.74, 6) is 0. The van der Waals surface area contributed by atoms with Crippen LogP contribution in [-0.4, -0.2) is 21.5 Å². The molecule has 0 atom stereocenters. The largest absolute Gasteiger partial charge is 0.372 e. The van der Waals surface area contributed by atoms with Gasteiger partial charge in [0.25, 0.3) is 9.05 Å². The highest BCUT2D eigenvalue weighted by molar-refractivity contribution is 8.15. The molecular weight excluding hydrogens is 326 g/mol. The van der Waals surface area contributed by atoms with Crippen molar-refractivity contribution >= 4 is 36.8 Å². The predicted molar refractivity (Wildman–Crippen MR) is 88.9 cm³/mol. The van der Waals surface area contributed by atoms with Crippen molar-refractivity contribution in [2.75, 3.05) is 18.0 Å². The second-order valence-corrected chi connectivity index (χ2v) is 9.03. The van der Waals surface area contributed by atoms with Crippen LogP contribution in [0.5, 0.6) is 0 Å². The molecule has 1 saturated heterocycles. The topological polar surface area (TPSA) is 37.4 Å². The van der Waals surface area contributed by atoms with Gasteiger partial charge in [-0.15, -0.1) is 11.3 Å². The fourth-order valence-electron chi connectivity index (χ4n) is 2.59. The van der Waals surface area contributed by atoms with Gasteiger partial charge in [-0.05, 0) is 49.1 Å². The Bertz CT molecular complexity index is 716. The summed E-state index contributed by atoms with van der Waals surface area (Å²) in [6.07, 6.45) is 3.83. The van der Waals surface area contributed by atoms with Gasteiger partial charge in [0.1, 0.15) is 4.21 Å². The third-order valence-corrected chi connectivity index (χ3v) is 6.92. The van der Waals surface area contributed by atoms with Gasteiger partial charge in [-0.2, -0.15) is 0 Å². The number of piperidine rings is 1. The van der Waals surface area contributed by atoms with Crippen LogP contribution in [0.25, 0.3) is 10.4 Å². The van der Waals surface area contributed by atoms with Crippen molar-refractivity contribution in [2.24, 2.45) is 0 Å². The monoisotopic (exact) mass is 341 g/mol. The van der Waals surface area contributed by atoms with E-state index in [1.54, 1.807) is 12.1 Å². The summed E-state index contributed by atoms with van der Waals surface area (Å²) in [6.45, 7) is 2.24. The molecule has 1 aromatic heterocycles. The smallest absolute Gasteiger partial charge is 0.270 e. The van der Waals surface area contributed by atoms with Crippen LogP contribution in [0.1, 0.15) is 19.3 Å². The van der Waals surface area contributed by atoms with Crippen LogP contribution in [0.2, 0.25) is 0 Å². The summed E-state index contributed by atoms with van der Waals surface area (Å²) >= 11 is 1.20. The van der Waals surface area contributed by atoms with Gasteiger partial charge in [0.05, 0.1) is 0 Å². The molecule has 2 aromatic rings. The summed E-state index contributed by atoms with van der Waals surface area (Å²) in [4.78, 5) is 3.32. The first kappa shape index (κ1) is 14.9. The SMILES string of the molecule is O=S(=O)(Cl)c1ccc(-c2ccc(N3CCCCC3)cc2)s1. The summed E-state index contributed by atoms with van der Waals surface area (Å²) in [5, 5.41) is 0. The van der Waals surface area contributed by atoms with E-state index < -0.39 is 9.05 Å². The zero-order chi connectivity index (χ0) is 14.9. The minimum Gasteiger partial charge on any atom is -0.372 e. The molecule has 3 nitrogen and oxygen atoms in total. The summed E-state index contributed by atoms with van der Waals surface area (Å²) in [5.41, 5.74) is 2.26. The summed E-state index contributed by atoms with van der Waals surface area (Å²) < 4.78 is 22.8. The highest BCUT2D eigenvalue weighted by Gasteiger charge is 2.14. The van der Waals surface area contributed by atoms with Gasteiger partial charge in [-0.25, -0.2) is 8.42 Å². The number of benzene rings is 1. The Morgan fingerprint density at radius 3 is 2.19 bits per heavy atom. The van der Waals surface area contributed by atoms with Crippen LogP contribution >= 0.6 is 22.0 Å². The van der Waals surface area contributed by atoms with Crippen molar-refractivity contribution in [3.8, 4) is 10.4 Å². The Labute approximate surface area is 133 Å². The van der Waals surface area contributed by atoms with Gasteiger partial charge in [0.2, 0.25) is 0 Å². The molecule has 3 rings (SSSR count). The zero-order valence-corrected chi connectivity index (χ0v) is 13.8. The van der Waals surface area contributed by atoms with Gasteiger partial charge in [-0.3, -0.25) is 0 Å². The molecule has 0 N–H and O–H groups in total.